The van der Waals surface area contributed by atoms with Gasteiger partial charge in [-0.1, -0.05) is 0 Å². The van der Waals surface area contributed by atoms with Crippen LogP contribution < -0.4 is 4.90 Å². The van der Waals surface area contributed by atoms with E-state index >= 15 is 0 Å². The highest BCUT2D eigenvalue weighted by molar-refractivity contribution is 5.91. The van der Waals surface area contributed by atoms with Crippen molar-refractivity contribution in [2.24, 2.45) is 10.2 Å². The summed E-state index contributed by atoms with van der Waals surface area (Å²) in [5, 5.41) is 46.0. The minimum absolute atomic E-state index is 0.102. The molecule has 0 aliphatic carbocycles. The molecule has 0 atom stereocenters. The molecule has 0 spiro atoms. The maximum absolute atomic E-state index is 10.8. The number of benzene rings is 2. The Labute approximate surface area is 131 Å². The van der Waals surface area contributed by atoms with Gasteiger partial charge in [-0.25, -0.2) is 4.79 Å². The first-order valence-electron chi connectivity index (χ1n) is 6.51. The molecule has 2 aromatic carbocycles. The van der Waals surface area contributed by atoms with E-state index in [2.05, 4.69) is 10.2 Å². The lowest BCUT2D eigenvalue weighted by molar-refractivity contribution is 0.0694. The third-order valence-corrected chi connectivity index (χ3v) is 3.04. The standard InChI is InChI=1S/C15H15N3O5/c1-18(2)13-11(19)6-5-10(14(13)21)17-16-8-3-4-9(15(22)23)12(20)7-8/h3-7,19-21H,1-2H3,(H,22,23). The van der Waals surface area contributed by atoms with Gasteiger partial charge in [0.2, 0.25) is 0 Å². The zero-order valence-corrected chi connectivity index (χ0v) is 12.4. The fourth-order valence-electron chi connectivity index (χ4n) is 1.95. The van der Waals surface area contributed by atoms with Gasteiger partial charge in [-0.3, -0.25) is 0 Å². The van der Waals surface area contributed by atoms with Gasteiger partial charge < -0.3 is 25.3 Å². The van der Waals surface area contributed by atoms with Gasteiger partial charge in [-0.2, -0.15) is 5.11 Å². The third-order valence-electron chi connectivity index (χ3n) is 3.04. The summed E-state index contributed by atoms with van der Waals surface area (Å²) in [5.74, 6) is -2.03. The molecule has 2 aromatic rings. The molecule has 120 valence electrons. The Kier molecular flexibility index (Phi) is 4.35. The van der Waals surface area contributed by atoms with Crippen LogP contribution in [0.5, 0.6) is 17.2 Å². The van der Waals surface area contributed by atoms with Crippen molar-refractivity contribution < 1.29 is 25.2 Å². The van der Waals surface area contributed by atoms with Crippen molar-refractivity contribution in [1.82, 2.24) is 0 Å². The molecule has 0 radical (unpaired) electrons. The summed E-state index contributed by atoms with van der Waals surface area (Å²) in [6.07, 6.45) is 0. The number of phenols is 3. The summed E-state index contributed by atoms with van der Waals surface area (Å²) in [5.41, 5.74) is 0.288. The highest BCUT2D eigenvalue weighted by atomic mass is 16.4. The number of carbonyl (C=O) groups is 1. The van der Waals surface area contributed by atoms with Crippen LogP contribution in [-0.2, 0) is 0 Å². The Morgan fingerprint density at radius 3 is 2.26 bits per heavy atom. The van der Waals surface area contributed by atoms with Gasteiger partial charge in [0.25, 0.3) is 0 Å². The van der Waals surface area contributed by atoms with Crippen LogP contribution in [0.15, 0.2) is 40.6 Å². The van der Waals surface area contributed by atoms with E-state index in [9.17, 15) is 20.1 Å². The lowest BCUT2D eigenvalue weighted by Gasteiger charge is -2.16. The molecule has 0 aliphatic heterocycles. The van der Waals surface area contributed by atoms with Gasteiger partial charge in [0.15, 0.2) is 5.75 Å². The van der Waals surface area contributed by atoms with Crippen molar-refractivity contribution in [2.45, 2.75) is 0 Å². The van der Waals surface area contributed by atoms with Crippen LogP contribution in [0.2, 0.25) is 0 Å². The second-order valence-corrected chi connectivity index (χ2v) is 4.90. The first-order valence-corrected chi connectivity index (χ1v) is 6.51. The molecular formula is C15H15N3O5. The minimum atomic E-state index is -1.25. The van der Waals surface area contributed by atoms with E-state index in [0.29, 0.717) is 0 Å². The molecular weight excluding hydrogens is 302 g/mol. The van der Waals surface area contributed by atoms with E-state index < -0.39 is 11.7 Å². The Balaban J connectivity index is 2.36. The summed E-state index contributed by atoms with van der Waals surface area (Å²) < 4.78 is 0. The van der Waals surface area contributed by atoms with E-state index in [1.54, 1.807) is 14.1 Å². The van der Waals surface area contributed by atoms with Crippen LogP contribution in [-0.4, -0.2) is 40.5 Å². The van der Waals surface area contributed by atoms with Crippen LogP contribution in [0, 0.1) is 0 Å². The second-order valence-electron chi connectivity index (χ2n) is 4.90. The number of carboxylic acid groups (broad SMARTS) is 1. The minimum Gasteiger partial charge on any atom is -0.507 e. The van der Waals surface area contributed by atoms with Gasteiger partial charge in [0, 0.05) is 20.2 Å². The van der Waals surface area contributed by atoms with Gasteiger partial charge in [-0.15, -0.1) is 5.11 Å². The van der Waals surface area contributed by atoms with Crippen molar-refractivity contribution >= 4 is 23.0 Å². The van der Waals surface area contributed by atoms with E-state index in [1.165, 1.54) is 29.2 Å². The smallest absolute Gasteiger partial charge is 0.339 e. The summed E-state index contributed by atoms with van der Waals surface area (Å²) in [7, 11) is 3.30. The van der Waals surface area contributed by atoms with Gasteiger partial charge in [0.05, 0.1) is 5.69 Å². The van der Waals surface area contributed by atoms with Crippen molar-refractivity contribution in [3.8, 4) is 17.2 Å². The maximum Gasteiger partial charge on any atom is 0.339 e. The summed E-state index contributed by atoms with van der Waals surface area (Å²) in [6.45, 7) is 0. The largest absolute Gasteiger partial charge is 0.507 e. The number of phenolic OH excluding ortho intramolecular Hbond substituents is 2. The molecule has 8 heteroatoms. The first-order chi connectivity index (χ1) is 10.8. The number of hydrogen-bond donors (Lipinski definition) is 4. The molecule has 0 saturated carbocycles. The number of azo groups is 1. The molecule has 2 rings (SSSR count). The van der Waals surface area contributed by atoms with Crippen molar-refractivity contribution in [3.05, 3.63) is 35.9 Å². The number of aromatic hydroxyl groups is 3. The predicted molar refractivity (Wildman–Crippen MR) is 83.3 cm³/mol. The number of carboxylic acids is 1. The third kappa shape index (κ3) is 3.31. The van der Waals surface area contributed by atoms with Crippen molar-refractivity contribution in [1.29, 1.82) is 0 Å². The molecule has 0 saturated heterocycles. The Morgan fingerprint density at radius 2 is 1.70 bits per heavy atom. The molecule has 0 aliphatic rings. The van der Waals surface area contributed by atoms with Crippen molar-refractivity contribution in [2.75, 3.05) is 19.0 Å². The Bertz CT molecular complexity index is 787. The van der Waals surface area contributed by atoms with Crippen molar-refractivity contribution in [3.63, 3.8) is 0 Å². The second kappa shape index (κ2) is 6.22. The first kappa shape index (κ1) is 16.1. The van der Waals surface area contributed by atoms with E-state index in [-0.39, 0.29) is 34.1 Å². The van der Waals surface area contributed by atoms with Crippen LogP contribution in [0.4, 0.5) is 17.1 Å². The Morgan fingerprint density at radius 1 is 1.00 bits per heavy atom. The molecule has 0 unspecified atom stereocenters. The fourth-order valence-corrected chi connectivity index (χ4v) is 1.95. The molecule has 0 bridgehead atoms. The number of aromatic carboxylic acids is 1. The van der Waals surface area contributed by atoms with Gasteiger partial charge in [0.1, 0.15) is 28.4 Å². The van der Waals surface area contributed by atoms with Crippen LogP contribution >= 0.6 is 0 Å². The summed E-state index contributed by atoms with van der Waals surface area (Å²) in [4.78, 5) is 12.3. The van der Waals surface area contributed by atoms with Gasteiger partial charge in [-0.05, 0) is 24.3 Å². The molecule has 0 fully saturated rings. The molecule has 4 N–H and O–H groups in total. The average Bonchev–Trinajstić information content (AvgIpc) is 2.45. The van der Waals surface area contributed by atoms with Gasteiger partial charge >= 0.3 is 5.97 Å². The summed E-state index contributed by atoms with van der Waals surface area (Å²) >= 11 is 0. The molecule has 0 heterocycles. The highest BCUT2D eigenvalue weighted by Gasteiger charge is 2.14. The van der Waals surface area contributed by atoms with E-state index in [4.69, 9.17) is 5.11 Å². The highest BCUT2D eigenvalue weighted by Crippen LogP contribution is 2.42. The zero-order valence-electron chi connectivity index (χ0n) is 12.4. The fraction of sp³-hybridized carbons (Fsp3) is 0.133. The molecule has 8 nitrogen and oxygen atoms in total. The van der Waals surface area contributed by atoms with E-state index in [0.717, 1.165) is 6.07 Å². The molecule has 0 aromatic heterocycles. The van der Waals surface area contributed by atoms with E-state index in [1.807, 2.05) is 0 Å². The monoisotopic (exact) mass is 317 g/mol. The number of rotatable bonds is 4. The quantitative estimate of drug-likeness (QED) is 0.642. The average molecular weight is 317 g/mol. The Hall–Kier alpha value is -3.29. The number of nitrogens with zero attached hydrogens (tertiary/aromatic N) is 3. The topological polar surface area (TPSA) is 126 Å². The normalized spacial score (nSPS) is 10.9. The predicted octanol–water partition coefficient (Wildman–Crippen LogP) is 2.98. The van der Waals surface area contributed by atoms with Crippen LogP contribution in [0.25, 0.3) is 0 Å². The summed E-state index contributed by atoms with van der Waals surface area (Å²) in [6, 6.07) is 6.48. The lowest BCUT2D eigenvalue weighted by Crippen LogP contribution is -2.08. The molecule has 0 amide bonds. The SMILES string of the molecule is CN(C)c1c(O)ccc(N=Nc2ccc(C(=O)O)c(O)c2)c1O. The zero-order chi connectivity index (χ0) is 17.1. The molecule has 23 heavy (non-hydrogen) atoms. The number of anilines is 1. The van der Waals surface area contributed by atoms with Crippen LogP contribution in [0.3, 0.4) is 0 Å². The lowest BCUT2D eigenvalue weighted by atomic mass is 10.2. The van der Waals surface area contributed by atoms with Crippen LogP contribution in [0.1, 0.15) is 10.4 Å². The number of hydrogen-bond acceptors (Lipinski definition) is 7. The maximum atomic E-state index is 10.8.